The number of sulfonamides is 1. The lowest BCUT2D eigenvalue weighted by atomic mass is 9.82. The number of benzene rings is 1. The van der Waals surface area contributed by atoms with E-state index in [-0.39, 0.29) is 5.41 Å². The summed E-state index contributed by atoms with van der Waals surface area (Å²) in [6.45, 7) is 8.64. The fourth-order valence-electron chi connectivity index (χ4n) is 3.13. The van der Waals surface area contributed by atoms with E-state index in [1.54, 1.807) is 16.4 Å². The Morgan fingerprint density at radius 2 is 1.91 bits per heavy atom. The van der Waals surface area contributed by atoms with Crippen LogP contribution < -0.4 is 5.32 Å². The lowest BCUT2D eigenvalue weighted by molar-refractivity contribution is 0.263. The van der Waals surface area contributed by atoms with Gasteiger partial charge in [-0.3, -0.25) is 0 Å². The molecule has 1 N–H and O–H groups in total. The van der Waals surface area contributed by atoms with Crippen molar-refractivity contribution in [3.8, 4) is 0 Å². The van der Waals surface area contributed by atoms with Gasteiger partial charge in [0, 0.05) is 13.1 Å². The van der Waals surface area contributed by atoms with Gasteiger partial charge in [-0.05, 0) is 61.9 Å². The molecule has 0 aromatic heterocycles. The number of hydrogen-bond acceptors (Lipinski definition) is 3. The van der Waals surface area contributed by atoms with Crippen molar-refractivity contribution in [3.63, 3.8) is 0 Å². The van der Waals surface area contributed by atoms with Crippen LogP contribution in [0, 0.1) is 5.92 Å². The topological polar surface area (TPSA) is 49.4 Å². The Morgan fingerprint density at radius 1 is 1.26 bits per heavy atom. The molecule has 0 bridgehead atoms. The summed E-state index contributed by atoms with van der Waals surface area (Å²) in [5.41, 5.74) is 1.26. The quantitative estimate of drug-likeness (QED) is 0.867. The van der Waals surface area contributed by atoms with Gasteiger partial charge in [-0.2, -0.15) is 4.31 Å². The van der Waals surface area contributed by atoms with Gasteiger partial charge in [0.25, 0.3) is 0 Å². The van der Waals surface area contributed by atoms with E-state index in [2.05, 4.69) is 26.1 Å². The van der Waals surface area contributed by atoms with E-state index in [9.17, 15) is 8.42 Å². The minimum Gasteiger partial charge on any atom is -0.319 e. The summed E-state index contributed by atoms with van der Waals surface area (Å²) < 4.78 is 27.4. The molecular weight excluding hydrogens is 308 g/mol. The van der Waals surface area contributed by atoms with E-state index < -0.39 is 10.0 Å². The first kappa shape index (κ1) is 18.4. The van der Waals surface area contributed by atoms with Gasteiger partial charge in [0.1, 0.15) is 0 Å². The molecule has 1 aromatic carbocycles. The third-order valence-electron chi connectivity index (χ3n) is 5.13. The molecule has 2 rings (SSSR count). The monoisotopic (exact) mass is 338 g/mol. The molecule has 5 heteroatoms. The molecule has 0 amide bonds. The van der Waals surface area contributed by atoms with Crippen molar-refractivity contribution in [2.75, 3.05) is 26.7 Å². The largest absolute Gasteiger partial charge is 0.319 e. The van der Waals surface area contributed by atoms with E-state index >= 15 is 0 Å². The Hall–Kier alpha value is -0.910. The molecule has 1 aliphatic heterocycles. The number of hydrogen-bond donors (Lipinski definition) is 1. The van der Waals surface area contributed by atoms with Crippen molar-refractivity contribution >= 4 is 10.0 Å². The van der Waals surface area contributed by atoms with Gasteiger partial charge in [0.05, 0.1) is 4.90 Å². The first-order chi connectivity index (χ1) is 10.8. The normalized spacial score (nSPS) is 20.6. The van der Waals surface area contributed by atoms with Gasteiger partial charge >= 0.3 is 0 Å². The van der Waals surface area contributed by atoms with Crippen LogP contribution in [0.4, 0.5) is 0 Å². The highest BCUT2D eigenvalue weighted by Crippen LogP contribution is 2.29. The zero-order valence-corrected chi connectivity index (χ0v) is 15.6. The maximum Gasteiger partial charge on any atom is 0.243 e. The van der Waals surface area contributed by atoms with Crippen molar-refractivity contribution in [2.45, 2.75) is 50.3 Å². The zero-order chi connectivity index (χ0) is 17.1. The average molecular weight is 339 g/mol. The second kappa shape index (κ2) is 7.32. The predicted octanol–water partition coefficient (Wildman–Crippen LogP) is 2.99. The third kappa shape index (κ3) is 4.14. The number of rotatable bonds is 6. The van der Waals surface area contributed by atoms with Crippen molar-refractivity contribution in [3.05, 3.63) is 29.8 Å². The SMILES string of the molecule is CCC(C)(C)c1ccc(S(=O)(=O)N2CCCC(CNC)C2)cc1. The Labute approximate surface area is 141 Å². The fraction of sp³-hybridized carbons (Fsp3) is 0.667. The molecule has 130 valence electrons. The molecule has 1 heterocycles. The van der Waals surface area contributed by atoms with Crippen LogP contribution in [0.3, 0.4) is 0 Å². The Morgan fingerprint density at radius 3 is 2.48 bits per heavy atom. The third-order valence-corrected chi connectivity index (χ3v) is 7.01. The number of piperidine rings is 1. The van der Waals surface area contributed by atoms with Crippen LogP contribution in [0.2, 0.25) is 0 Å². The van der Waals surface area contributed by atoms with Crippen molar-refractivity contribution in [1.29, 1.82) is 0 Å². The van der Waals surface area contributed by atoms with Crippen LogP contribution in [0.25, 0.3) is 0 Å². The Balaban J connectivity index is 2.19. The molecule has 1 unspecified atom stereocenters. The van der Waals surface area contributed by atoms with Crippen LogP contribution in [0.15, 0.2) is 29.2 Å². The first-order valence-electron chi connectivity index (χ1n) is 8.56. The highest BCUT2D eigenvalue weighted by Gasteiger charge is 2.30. The smallest absolute Gasteiger partial charge is 0.243 e. The molecule has 1 saturated heterocycles. The van der Waals surface area contributed by atoms with E-state index in [4.69, 9.17) is 0 Å². The van der Waals surface area contributed by atoms with Crippen LogP contribution in [0.1, 0.15) is 45.6 Å². The molecular formula is C18H30N2O2S. The molecule has 0 radical (unpaired) electrons. The standard InChI is InChI=1S/C18H30N2O2S/c1-5-18(2,3)16-8-10-17(11-9-16)23(21,22)20-12-6-7-15(14-20)13-19-4/h8-11,15,19H,5-7,12-14H2,1-4H3. The van der Waals surface area contributed by atoms with Gasteiger partial charge < -0.3 is 5.32 Å². The second-order valence-electron chi connectivity index (χ2n) is 7.19. The maximum atomic E-state index is 12.9. The van der Waals surface area contributed by atoms with Crippen LogP contribution in [-0.4, -0.2) is 39.4 Å². The molecule has 23 heavy (non-hydrogen) atoms. The minimum atomic E-state index is -3.38. The molecule has 4 nitrogen and oxygen atoms in total. The van der Waals surface area contributed by atoms with E-state index in [1.807, 2.05) is 19.2 Å². The highest BCUT2D eigenvalue weighted by molar-refractivity contribution is 7.89. The second-order valence-corrected chi connectivity index (χ2v) is 9.13. The zero-order valence-electron chi connectivity index (χ0n) is 14.8. The average Bonchev–Trinajstić information content (AvgIpc) is 2.55. The molecule has 1 aromatic rings. The van der Waals surface area contributed by atoms with Gasteiger partial charge in [-0.15, -0.1) is 0 Å². The van der Waals surface area contributed by atoms with Crippen LogP contribution >= 0.6 is 0 Å². The molecule has 0 spiro atoms. The Bertz CT molecular complexity index is 606. The number of nitrogens with zero attached hydrogens (tertiary/aromatic N) is 1. The molecule has 0 saturated carbocycles. The van der Waals surface area contributed by atoms with E-state index in [1.165, 1.54) is 5.56 Å². The lowest BCUT2D eigenvalue weighted by Crippen LogP contribution is -2.42. The summed E-state index contributed by atoms with van der Waals surface area (Å²) in [5, 5.41) is 3.16. The van der Waals surface area contributed by atoms with Gasteiger partial charge in [0.2, 0.25) is 10.0 Å². The first-order valence-corrected chi connectivity index (χ1v) is 10.0. The van der Waals surface area contributed by atoms with Gasteiger partial charge in [-0.1, -0.05) is 32.9 Å². The van der Waals surface area contributed by atoms with Crippen molar-refractivity contribution in [1.82, 2.24) is 9.62 Å². The molecule has 1 fully saturated rings. The van der Waals surface area contributed by atoms with Crippen molar-refractivity contribution < 1.29 is 8.42 Å². The maximum absolute atomic E-state index is 12.9. The van der Waals surface area contributed by atoms with Crippen LogP contribution in [0.5, 0.6) is 0 Å². The molecule has 0 aliphatic carbocycles. The van der Waals surface area contributed by atoms with Crippen LogP contribution in [-0.2, 0) is 15.4 Å². The summed E-state index contributed by atoms with van der Waals surface area (Å²) in [5.74, 6) is 0.404. The Kier molecular flexibility index (Phi) is 5.87. The highest BCUT2D eigenvalue weighted by atomic mass is 32.2. The predicted molar refractivity (Wildman–Crippen MR) is 95.2 cm³/mol. The number of nitrogens with one attached hydrogen (secondary N) is 1. The summed E-state index contributed by atoms with van der Waals surface area (Å²) in [7, 11) is -1.46. The van der Waals surface area contributed by atoms with Gasteiger partial charge in [0.15, 0.2) is 0 Å². The fourth-order valence-corrected chi connectivity index (χ4v) is 4.69. The molecule has 1 aliphatic rings. The van der Waals surface area contributed by atoms with Crippen molar-refractivity contribution in [2.24, 2.45) is 5.92 Å². The van der Waals surface area contributed by atoms with Gasteiger partial charge in [-0.25, -0.2) is 8.42 Å². The summed E-state index contributed by atoms with van der Waals surface area (Å²) in [4.78, 5) is 0.415. The summed E-state index contributed by atoms with van der Waals surface area (Å²) in [6.07, 6.45) is 3.06. The van der Waals surface area contributed by atoms with E-state index in [0.29, 0.717) is 23.9 Å². The summed E-state index contributed by atoms with van der Waals surface area (Å²) in [6, 6.07) is 7.46. The van der Waals surface area contributed by atoms with E-state index in [0.717, 1.165) is 25.8 Å². The lowest BCUT2D eigenvalue weighted by Gasteiger charge is -2.32. The molecule has 1 atom stereocenters. The minimum absolute atomic E-state index is 0.0747. The summed E-state index contributed by atoms with van der Waals surface area (Å²) >= 11 is 0.